The standard InChI is InChI=1S/C28H33N9O.C2H6/c1-18-25-27(29)30-17-31-28(25)37(34-18)19(2)22-16-21-6-4-5-12-36(21)26(22)23-7-8-24(33-32-23)38-15-11-20-9-13-35(3)14-10-20;1-2/h4-8,12,16-17,19-20H,9-11,13-15H2,1-3H3,(H2,29,30,31);1-2H3. The Morgan fingerprint density at radius 1 is 1.07 bits per heavy atom. The number of anilines is 1. The van der Waals surface area contributed by atoms with Gasteiger partial charge in [-0.05, 0) is 83.4 Å². The molecule has 1 aliphatic rings. The summed E-state index contributed by atoms with van der Waals surface area (Å²) >= 11 is 0. The maximum absolute atomic E-state index is 6.15. The molecule has 1 fully saturated rings. The van der Waals surface area contributed by atoms with Crippen molar-refractivity contribution in [3.63, 3.8) is 0 Å². The third kappa shape index (κ3) is 5.36. The summed E-state index contributed by atoms with van der Waals surface area (Å²) in [4.78, 5) is 11.0. The summed E-state index contributed by atoms with van der Waals surface area (Å²) in [5, 5.41) is 14.6. The highest BCUT2D eigenvalue weighted by atomic mass is 16.5. The summed E-state index contributed by atoms with van der Waals surface area (Å²) in [5.41, 5.74) is 11.5. The summed E-state index contributed by atoms with van der Waals surface area (Å²) in [6, 6.07) is 12.1. The van der Waals surface area contributed by atoms with Gasteiger partial charge in [0.2, 0.25) is 5.88 Å². The number of piperidine rings is 1. The second-order valence-corrected chi connectivity index (χ2v) is 10.2. The highest BCUT2D eigenvalue weighted by molar-refractivity contribution is 5.88. The minimum atomic E-state index is -0.136. The van der Waals surface area contributed by atoms with E-state index >= 15 is 0 Å². The lowest BCUT2D eigenvalue weighted by molar-refractivity contribution is 0.185. The van der Waals surface area contributed by atoms with Crippen LogP contribution in [0.25, 0.3) is 27.9 Å². The van der Waals surface area contributed by atoms with Crippen LogP contribution in [0, 0.1) is 12.8 Å². The summed E-state index contributed by atoms with van der Waals surface area (Å²) in [7, 11) is 2.19. The number of aromatic nitrogens is 7. The van der Waals surface area contributed by atoms with E-state index in [-0.39, 0.29) is 6.04 Å². The molecule has 1 saturated heterocycles. The zero-order chi connectivity index (χ0) is 28.2. The zero-order valence-electron chi connectivity index (χ0n) is 24.1. The van der Waals surface area contributed by atoms with Crippen molar-refractivity contribution in [1.29, 1.82) is 0 Å². The van der Waals surface area contributed by atoms with Gasteiger partial charge in [-0.15, -0.1) is 10.2 Å². The van der Waals surface area contributed by atoms with Gasteiger partial charge in [0, 0.05) is 23.3 Å². The topological polar surface area (TPSA) is 112 Å². The molecule has 0 aromatic carbocycles. The number of nitrogens with two attached hydrogens (primary N) is 1. The van der Waals surface area contributed by atoms with Crippen LogP contribution >= 0.6 is 0 Å². The van der Waals surface area contributed by atoms with E-state index in [4.69, 9.17) is 15.6 Å². The first-order valence-corrected chi connectivity index (χ1v) is 14.2. The molecule has 0 spiro atoms. The second kappa shape index (κ2) is 12.0. The molecule has 0 bridgehead atoms. The molecular formula is C30H39N9O. The van der Waals surface area contributed by atoms with Gasteiger partial charge in [-0.2, -0.15) is 5.10 Å². The molecule has 0 aliphatic carbocycles. The average Bonchev–Trinajstić information content (AvgIpc) is 3.54. The number of hydrogen-bond donors (Lipinski definition) is 1. The normalized spacial score (nSPS) is 15.2. The minimum Gasteiger partial charge on any atom is -0.477 e. The molecule has 0 saturated carbocycles. The zero-order valence-corrected chi connectivity index (χ0v) is 24.1. The van der Waals surface area contributed by atoms with Crippen molar-refractivity contribution in [2.24, 2.45) is 5.92 Å². The SMILES string of the molecule is CC.Cc1nn(C(C)c2cc3ccccn3c2-c2ccc(OCCC3CCN(C)CC3)nn2)c2ncnc(N)c12. The first-order chi connectivity index (χ1) is 19.5. The number of pyridine rings is 1. The fraction of sp³-hybridized carbons (Fsp3) is 0.433. The van der Waals surface area contributed by atoms with Crippen LogP contribution in [-0.4, -0.2) is 66.0 Å². The van der Waals surface area contributed by atoms with E-state index in [0.29, 0.717) is 24.0 Å². The van der Waals surface area contributed by atoms with Crippen molar-refractivity contribution < 1.29 is 4.74 Å². The Labute approximate surface area is 235 Å². The highest BCUT2D eigenvalue weighted by Crippen LogP contribution is 2.34. The Hall–Kier alpha value is -4.05. The van der Waals surface area contributed by atoms with Crippen LogP contribution in [-0.2, 0) is 0 Å². The number of likely N-dealkylation sites (tertiary alicyclic amines) is 1. The summed E-state index contributed by atoms with van der Waals surface area (Å²) in [5.74, 6) is 1.71. The molecule has 10 heteroatoms. The second-order valence-electron chi connectivity index (χ2n) is 10.2. The van der Waals surface area contributed by atoms with Gasteiger partial charge in [-0.1, -0.05) is 19.9 Å². The summed E-state index contributed by atoms with van der Waals surface area (Å²) < 4.78 is 10.0. The van der Waals surface area contributed by atoms with Gasteiger partial charge in [-0.25, -0.2) is 14.6 Å². The lowest BCUT2D eigenvalue weighted by Gasteiger charge is -2.28. The maximum Gasteiger partial charge on any atom is 0.233 e. The lowest BCUT2D eigenvalue weighted by atomic mass is 9.94. The predicted molar refractivity (Wildman–Crippen MR) is 158 cm³/mol. The molecule has 1 aliphatic heterocycles. The molecule has 6 heterocycles. The molecular weight excluding hydrogens is 502 g/mol. The van der Waals surface area contributed by atoms with Crippen LogP contribution in [0.2, 0.25) is 0 Å². The van der Waals surface area contributed by atoms with Gasteiger partial charge in [0.15, 0.2) is 5.65 Å². The number of hydrogen-bond acceptors (Lipinski definition) is 8. The van der Waals surface area contributed by atoms with E-state index < -0.39 is 0 Å². The lowest BCUT2D eigenvalue weighted by Crippen LogP contribution is -2.30. The Morgan fingerprint density at radius 2 is 1.88 bits per heavy atom. The molecule has 0 radical (unpaired) electrons. The Morgan fingerprint density at radius 3 is 2.62 bits per heavy atom. The third-order valence-electron chi connectivity index (χ3n) is 7.72. The summed E-state index contributed by atoms with van der Waals surface area (Å²) in [6.45, 7) is 11.0. The largest absolute Gasteiger partial charge is 0.477 e. The van der Waals surface area contributed by atoms with Gasteiger partial charge in [0.05, 0.1) is 29.4 Å². The van der Waals surface area contributed by atoms with E-state index in [9.17, 15) is 0 Å². The minimum absolute atomic E-state index is 0.136. The van der Waals surface area contributed by atoms with Crippen molar-refractivity contribution in [3.8, 4) is 17.3 Å². The van der Waals surface area contributed by atoms with Gasteiger partial charge in [0.25, 0.3) is 0 Å². The fourth-order valence-electron chi connectivity index (χ4n) is 5.51. The first kappa shape index (κ1) is 27.5. The van der Waals surface area contributed by atoms with E-state index in [1.54, 1.807) is 0 Å². The molecule has 2 N–H and O–H groups in total. The van der Waals surface area contributed by atoms with Crippen molar-refractivity contribution in [3.05, 3.63) is 60.2 Å². The molecule has 0 amide bonds. The van der Waals surface area contributed by atoms with Crippen molar-refractivity contribution in [2.75, 3.05) is 32.5 Å². The molecule has 40 heavy (non-hydrogen) atoms. The van der Waals surface area contributed by atoms with Crippen LogP contribution in [0.15, 0.2) is 48.9 Å². The molecule has 6 rings (SSSR count). The third-order valence-corrected chi connectivity index (χ3v) is 7.72. The predicted octanol–water partition coefficient (Wildman–Crippen LogP) is 5.17. The number of nitrogen functional groups attached to an aromatic ring is 1. The quantitative estimate of drug-likeness (QED) is 0.300. The van der Waals surface area contributed by atoms with Crippen LogP contribution in [0.3, 0.4) is 0 Å². The number of aryl methyl sites for hydroxylation is 1. The van der Waals surface area contributed by atoms with Gasteiger partial charge < -0.3 is 19.8 Å². The summed E-state index contributed by atoms with van der Waals surface area (Å²) in [6.07, 6.45) is 7.04. The van der Waals surface area contributed by atoms with Gasteiger partial charge in [0.1, 0.15) is 17.8 Å². The van der Waals surface area contributed by atoms with E-state index in [0.717, 1.165) is 45.9 Å². The Bertz CT molecular complexity index is 1570. The molecule has 5 aromatic heterocycles. The van der Waals surface area contributed by atoms with Crippen LogP contribution in [0.1, 0.15) is 57.3 Å². The Balaban J connectivity index is 0.00000158. The van der Waals surface area contributed by atoms with Crippen LogP contribution < -0.4 is 10.5 Å². The molecule has 210 valence electrons. The first-order valence-electron chi connectivity index (χ1n) is 14.2. The maximum atomic E-state index is 6.15. The van der Waals surface area contributed by atoms with Crippen LogP contribution in [0.5, 0.6) is 5.88 Å². The van der Waals surface area contributed by atoms with Gasteiger partial charge in [-0.3, -0.25) is 0 Å². The van der Waals surface area contributed by atoms with E-state index in [1.807, 2.05) is 55.9 Å². The van der Waals surface area contributed by atoms with E-state index in [2.05, 4.69) is 55.6 Å². The smallest absolute Gasteiger partial charge is 0.233 e. The Kier molecular flexibility index (Phi) is 8.25. The number of ether oxygens (including phenoxy) is 1. The average molecular weight is 542 g/mol. The molecule has 1 atom stereocenters. The van der Waals surface area contributed by atoms with Gasteiger partial charge >= 0.3 is 0 Å². The number of nitrogens with zero attached hydrogens (tertiary/aromatic N) is 8. The molecule has 10 nitrogen and oxygen atoms in total. The fourth-order valence-corrected chi connectivity index (χ4v) is 5.51. The van der Waals surface area contributed by atoms with Crippen molar-refractivity contribution >= 4 is 22.4 Å². The number of fused-ring (bicyclic) bond motifs is 2. The van der Waals surface area contributed by atoms with Crippen LogP contribution in [0.4, 0.5) is 5.82 Å². The van der Waals surface area contributed by atoms with Crippen molar-refractivity contribution in [1.82, 2.24) is 39.2 Å². The number of rotatable bonds is 7. The van der Waals surface area contributed by atoms with Crippen molar-refractivity contribution in [2.45, 2.75) is 53.0 Å². The van der Waals surface area contributed by atoms with E-state index in [1.165, 1.54) is 32.3 Å². The highest BCUT2D eigenvalue weighted by Gasteiger charge is 2.24. The molecule has 1 unspecified atom stereocenters. The molecule has 5 aromatic rings. The monoisotopic (exact) mass is 541 g/mol.